The number of rotatable bonds is 6. The highest BCUT2D eigenvalue weighted by atomic mass is 16.5. The third-order valence-corrected chi connectivity index (χ3v) is 4.14. The number of nitrogens with zero attached hydrogens (tertiary/aromatic N) is 4. The zero-order valence-corrected chi connectivity index (χ0v) is 15.1. The number of nitrogens with one attached hydrogen (secondary N) is 1. The number of hydrogen-bond acceptors (Lipinski definition) is 6. The summed E-state index contributed by atoms with van der Waals surface area (Å²) in [6.07, 6.45) is 1.32. The van der Waals surface area contributed by atoms with E-state index in [1.54, 1.807) is 26.5 Å². The van der Waals surface area contributed by atoms with Gasteiger partial charge in [-0.1, -0.05) is 12.1 Å². The molecule has 0 saturated heterocycles. The standard InChI is InChI=1S/C18H21N5O3/c1-11-9-10-19-18-21-16(22-23(11)18)17(24)20-12(2)15(26-4)13-5-7-14(25-3)8-6-13/h5-10,12,15H,1-4H3,(H,20,24). The quantitative estimate of drug-likeness (QED) is 0.727. The molecule has 0 aliphatic heterocycles. The van der Waals surface area contributed by atoms with Crippen LogP contribution in [-0.2, 0) is 4.74 Å². The molecular formula is C18H21N5O3. The number of ether oxygens (including phenoxy) is 2. The van der Waals surface area contributed by atoms with Crippen molar-refractivity contribution < 1.29 is 14.3 Å². The van der Waals surface area contributed by atoms with Crippen LogP contribution in [0.5, 0.6) is 5.75 Å². The number of hydrogen-bond donors (Lipinski definition) is 1. The lowest BCUT2D eigenvalue weighted by Gasteiger charge is -2.23. The van der Waals surface area contributed by atoms with Crippen molar-refractivity contribution in [1.82, 2.24) is 24.9 Å². The fourth-order valence-electron chi connectivity index (χ4n) is 2.77. The second-order valence-corrected chi connectivity index (χ2v) is 5.93. The molecule has 8 nitrogen and oxygen atoms in total. The van der Waals surface area contributed by atoms with Crippen LogP contribution in [0.3, 0.4) is 0 Å². The second-order valence-electron chi connectivity index (χ2n) is 5.93. The van der Waals surface area contributed by atoms with E-state index in [1.165, 1.54) is 4.52 Å². The first-order chi connectivity index (χ1) is 12.5. The zero-order valence-electron chi connectivity index (χ0n) is 15.1. The number of methoxy groups -OCH3 is 2. The van der Waals surface area contributed by atoms with Gasteiger partial charge >= 0.3 is 0 Å². The van der Waals surface area contributed by atoms with Gasteiger partial charge in [0.15, 0.2) is 0 Å². The van der Waals surface area contributed by atoms with Crippen molar-refractivity contribution in [2.24, 2.45) is 0 Å². The molecule has 136 valence electrons. The molecule has 2 unspecified atom stereocenters. The van der Waals surface area contributed by atoms with Gasteiger partial charge in [0.2, 0.25) is 5.82 Å². The maximum absolute atomic E-state index is 12.5. The van der Waals surface area contributed by atoms with Crippen molar-refractivity contribution in [3.8, 4) is 5.75 Å². The molecule has 3 rings (SSSR count). The van der Waals surface area contributed by atoms with Crippen LogP contribution in [0.2, 0.25) is 0 Å². The molecule has 3 aromatic rings. The number of benzene rings is 1. The maximum atomic E-state index is 12.5. The summed E-state index contributed by atoms with van der Waals surface area (Å²) in [6.45, 7) is 3.74. The van der Waals surface area contributed by atoms with E-state index in [2.05, 4.69) is 20.4 Å². The number of aromatic nitrogens is 4. The Labute approximate surface area is 151 Å². The van der Waals surface area contributed by atoms with Crippen LogP contribution in [0.15, 0.2) is 36.5 Å². The first-order valence-electron chi connectivity index (χ1n) is 8.19. The zero-order chi connectivity index (χ0) is 18.7. The molecule has 0 radical (unpaired) electrons. The van der Waals surface area contributed by atoms with Crippen molar-refractivity contribution in [2.45, 2.75) is 26.0 Å². The van der Waals surface area contributed by atoms with Crippen LogP contribution in [0.25, 0.3) is 5.78 Å². The Hall–Kier alpha value is -3.00. The first-order valence-corrected chi connectivity index (χ1v) is 8.19. The third kappa shape index (κ3) is 3.50. The molecular weight excluding hydrogens is 334 g/mol. The summed E-state index contributed by atoms with van der Waals surface area (Å²) in [6, 6.07) is 9.04. The highest BCUT2D eigenvalue weighted by Gasteiger charge is 2.23. The second kappa shape index (κ2) is 7.49. The largest absolute Gasteiger partial charge is 0.497 e. The molecule has 0 saturated carbocycles. The molecule has 1 N–H and O–H groups in total. The average Bonchev–Trinajstić information content (AvgIpc) is 3.09. The summed E-state index contributed by atoms with van der Waals surface area (Å²) in [5, 5.41) is 7.11. The van der Waals surface area contributed by atoms with Crippen molar-refractivity contribution in [2.75, 3.05) is 14.2 Å². The minimum Gasteiger partial charge on any atom is -0.497 e. The highest BCUT2D eigenvalue weighted by molar-refractivity contribution is 5.91. The molecule has 0 aliphatic rings. The Morgan fingerprint density at radius 2 is 1.92 bits per heavy atom. The van der Waals surface area contributed by atoms with E-state index in [0.717, 1.165) is 17.0 Å². The molecule has 8 heteroatoms. The fraction of sp³-hybridized carbons (Fsp3) is 0.333. The van der Waals surface area contributed by atoms with Gasteiger partial charge in [-0.05, 0) is 37.6 Å². The van der Waals surface area contributed by atoms with Gasteiger partial charge in [0.1, 0.15) is 11.9 Å². The number of carbonyl (C=O) groups excluding carboxylic acids is 1. The number of amides is 1. The van der Waals surface area contributed by atoms with Crippen molar-refractivity contribution >= 4 is 11.7 Å². The molecule has 2 atom stereocenters. The topological polar surface area (TPSA) is 90.6 Å². The predicted octanol–water partition coefficient (Wildman–Crippen LogP) is 1.95. The summed E-state index contributed by atoms with van der Waals surface area (Å²) < 4.78 is 12.3. The molecule has 0 fully saturated rings. The molecule has 26 heavy (non-hydrogen) atoms. The normalized spacial score (nSPS) is 13.4. The lowest BCUT2D eigenvalue weighted by atomic mass is 10.0. The molecule has 0 bridgehead atoms. The smallest absolute Gasteiger partial charge is 0.291 e. The van der Waals surface area contributed by atoms with Gasteiger partial charge in [-0.3, -0.25) is 4.79 Å². The van der Waals surface area contributed by atoms with Gasteiger partial charge in [0.25, 0.3) is 11.7 Å². The van der Waals surface area contributed by atoms with E-state index < -0.39 is 0 Å². The Kier molecular flexibility index (Phi) is 5.13. The molecule has 1 aromatic carbocycles. The van der Waals surface area contributed by atoms with Gasteiger partial charge in [-0.25, -0.2) is 9.50 Å². The van der Waals surface area contributed by atoms with Gasteiger partial charge in [0, 0.05) is 19.0 Å². The average molecular weight is 355 g/mol. The number of carbonyl (C=O) groups is 1. The number of aryl methyl sites for hydroxylation is 1. The van der Waals surface area contributed by atoms with Crippen molar-refractivity contribution in [3.05, 3.63) is 53.6 Å². The minimum atomic E-state index is -0.377. The van der Waals surface area contributed by atoms with Crippen LogP contribution in [-0.4, -0.2) is 45.8 Å². The van der Waals surface area contributed by atoms with Crippen LogP contribution < -0.4 is 10.1 Å². The molecule has 0 aliphatic carbocycles. The lowest BCUT2D eigenvalue weighted by molar-refractivity contribution is 0.0640. The van der Waals surface area contributed by atoms with E-state index in [-0.39, 0.29) is 23.9 Å². The SMILES string of the molecule is COc1ccc(C(OC)C(C)NC(=O)c2nc3nccc(C)n3n2)cc1. The third-order valence-electron chi connectivity index (χ3n) is 4.14. The summed E-state index contributed by atoms with van der Waals surface area (Å²) >= 11 is 0. The Morgan fingerprint density at radius 3 is 2.54 bits per heavy atom. The highest BCUT2D eigenvalue weighted by Crippen LogP contribution is 2.23. The summed E-state index contributed by atoms with van der Waals surface area (Å²) in [5.74, 6) is 0.847. The monoisotopic (exact) mass is 355 g/mol. The predicted molar refractivity (Wildman–Crippen MR) is 95.2 cm³/mol. The minimum absolute atomic E-state index is 0.0724. The van der Waals surface area contributed by atoms with Gasteiger partial charge < -0.3 is 14.8 Å². The molecule has 2 aromatic heterocycles. The summed E-state index contributed by atoms with van der Waals surface area (Å²) in [4.78, 5) is 20.8. The maximum Gasteiger partial charge on any atom is 0.291 e. The van der Waals surface area contributed by atoms with Gasteiger partial charge in [-0.2, -0.15) is 4.98 Å². The summed E-state index contributed by atoms with van der Waals surface area (Å²) in [7, 11) is 3.22. The van der Waals surface area contributed by atoms with Crippen LogP contribution >= 0.6 is 0 Å². The van der Waals surface area contributed by atoms with Gasteiger partial charge in [0.05, 0.1) is 13.2 Å². The number of fused-ring (bicyclic) bond motifs is 1. The van der Waals surface area contributed by atoms with Crippen molar-refractivity contribution in [1.29, 1.82) is 0 Å². The van der Waals surface area contributed by atoms with E-state index in [0.29, 0.717) is 5.78 Å². The Balaban J connectivity index is 1.76. The molecule has 2 heterocycles. The summed E-state index contributed by atoms with van der Waals surface area (Å²) in [5.41, 5.74) is 1.78. The lowest BCUT2D eigenvalue weighted by Crippen LogP contribution is -2.38. The Morgan fingerprint density at radius 1 is 1.19 bits per heavy atom. The molecule has 1 amide bonds. The van der Waals surface area contributed by atoms with Crippen LogP contribution in [0.4, 0.5) is 0 Å². The van der Waals surface area contributed by atoms with E-state index in [9.17, 15) is 4.79 Å². The first kappa shape index (κ1) is 17.8. The van der Waals surface area contributed by atoms with Crippen LogP contribution in [0.1, 0.15) is 34.9 Å². The van der Waals surface area contributed by atoms with E-state index in [1.807, 2.05) is 38.1 Å². The van der Waals surface area contributed by atoms with E-state index in [4.69, 9.17) is 9.47 Å². The van der Waals surface area contributed by atoms with Gasteiger partial charge in [-0.15, -0.1) is 5.10 Å². The van der Waals surface area contributed by atoms with Crippen LogP contribution in [0, 0.1) is 6.92 Å². The Bertz CT molecular complexity index is 907. The fourth-order valence-corrected chi connectivity index (χ4v) is 2.77. The molecule has 0 spiro atoms. The van der Waals surface area contributed by atoms with Crippen molar-refractivity contribution in [3.63, 3.8) is 0 Å². The van der Waals surface area contributed by atoms with E-state index >= 15 is 0 Å².